The molecule has 1 N–H and O–H groups in total. The lowest BCUT2D eigenvalue weighted by Crippen LogP contribution is -2.21. The monoisotopic (exact) mass is 254 g/mol. The number of hydrogen-bond donors (Lipinski definition) is 1. The highest BCUT2D eigenvalue weighted by molar-refractivity contribution is 6.30. The van der Waals surface area contributed by atoms with Crippen molar-refractivity contribution in [3.63, 3.8) is 0 Å². The third kappa shape index (κ3) is 4.57. The molecule has 0 aliphatic carbocycles. The number of halogens is 1. The van der Waals surface area contributed by atoms with Gasteiger partial charge in [-0.2, -0.15) is 0 Å². The average molecular weight is 255 g/mol. The van der Waals surface area contributed by atoms with Gasteiger partial charge in [0, 0.05) is 30.8 Å². The van der Waals surface area contributed by atoms with Crippen LogP contribution in [0.5, 0.6) is 0 Å². The molecule has 1 aromatic rings. The number of anilines is 1. The first-order valence-electron chi connectivity index (χ1n) is 6.33. The molecule has 3 heteroatoms. The Morgan fingerprint density at radius 3 is 2.71 bits per heavy atom. The van der Waals surface area contributed by atoms with Crippen LogP contribution in [-0.2, 0) is 6.54 Å². The lowest BCUT2D eigenvalue weighted by Gasteiger charge is -2.22. The molecule has 0 amide bonds. The fraction of sp³-hybridized carbons (Fsp3) is 0.571. The lowest BCUT2D eigenvalue weighted by atomic mass is 10.1. The van der Waals surface area contributed by atoms with Crippen LogP contribution in [0.15, 0.2) is 18.2 Å². The van der Waals surface area contributed by atoms with Crippen molar-refractivity contribution in [2.24, 2.45) is 0 Å². The van der Waals surface area contributed by atoms with Crippen molar-refractivity contribution >= 4 is 17.3 Å². The molecule has 0 bridgehead atoms. The van der Waals surface area contributed by atoms with Gasteiger partial charge >= 0.3 is 0 Å². The maximum absolute atomic E-state index is 6.08. The van der Waals surface area contributed by atoms with Gasteiger partial charge in [-0.25, -0.2) is 0 Å². The zero-order valence-electron chi connectivity index (χ0n) is 11.1. The first kappa shape index (κ1) is 14.3. The van der Waals surface area contributed by atoms with Gasteiger partial charge in [-0.15, -0.1) is 0 Å². The third-order valence-electron chi connectivity index (χ3n) is 2.92. The minimum Gasteiger partial charge on any atom is -0.374 e. The van der Waals surface area contributed by atoms with E-state index in [2.05, 4.69) is 36.3 Å². The summed E-state index contributed by atoms with van der Waals surface area (Å²) in [6, 6.07) is 6.11. The molecule has 1 aromatic carbocycles. The van der Waals surface area contributed by atoms with Gasteiger partial charge in [0.2, 0.25) is 0 Å². The Hall–Kier alpha value is -0.730. The molecule has 0 heterocycles. The normalized spacial score (nSPS) is 10.6. The van der Waals surface area contributed by atoms with E-state index in [9.17, 15) is 0 Å². The summed E-state index contributed by atoms with van der Waals surface area (Å²) < 4.78 is 0. The maximum Gasteiger partial charge on any atom is 0.0426 e. The van der Waals surface area contributed by atoms with Gasteiger partial charge in [-0.1, -0.05) is 37.4 Å². The SMILES string of the molecule is CCCCCN(C)c1cc(Cl)ccc1CNC. The second-order valence-electron chi connectivity index (χ2n) is 4.43. The summed E-state index contributed by atoms with van der Waals surface area (Å²) in [5, 5.41) is 4.00. The van der Waals surface area contributed by atoms with Crippen LogP contribution in [0.25, 0.3) is 0 Å². The molecule has 0 saturated heterocycles. The molecule has 0 aliphatic heterocycles. The van der Waals surface area contributed by atoms with Crippen molar-refractivity contribution in [1.29, 1.82) is 0 Å². The second kappa shape index (κ2) is 7.57. The van der Waals surface area contributed by atoms with Crippen LogP contribution in [0.3, 0.4) is 0 Å². The Morgan fingerprint density at radius 2 is 2.06 bits per heavy atom. The Balaban J connectivity index is 2.74. The van der Waals surface area contributed by atoms with E-state index in [4.69, 9.17) is 11.6 Å². The Labute approximate surface area is 110 Å². The van der Waals surface area contributed by atoms with E-state index in [-0.39, 0.29) is 0 Å². The zero-order valence-corrected chi connectivity index (χ0v) is 11.8. The molecule has 0 fully saturated rings. The quantitative estimate of drug-likeness (QED) is 0.747. The molecule has 0 atom stereocenters. The average Bonchev–Trinajstić information content (AvgIpc) is 2.32. The van der Waals surface area contributed by atoms with E-state index >= 15 is 0 Å². The maximum atomic E-state index is 6.08. The molecule has 0 aliphatic rings. The van der Waals surface area contributed by atoms with Gasteiger partial charge in [-0.05, 0) is 31.2 Å². The summed E-state index contributed by atoms with van der Waals surface area (Å²) in [6.45, 7) is 4.20. The number of benzene rings is 1. The van der Waals surface area contributed by atoms with E-state index in [0.717, 1.165) is 18.1 Å². The van der Waals surface area contributed by atoms with Crippen LogP contribution in [0.1, 0.15) is 31.7 Å². The van der Waals surface area contributed by atoms with Gasteiger partial charge < -0.3 is 10.2 Å². The van der Waals surface area contributed by atoms with Crippen molar-refractivity contribution in [1.82, 2.24) is 5.32 Å². The number of rotatable bonds is 7. The Morgan fingerprint density at radius 1 is 1.29 bits per heavy atom. The largest absolute Gasteiger partial charge is 0.374 e. The molecule has 1 rings (SSSR count). The number of nitrogens with zero attached hydrogens (tertiary/aromatic N) is 1. The highest BCUT2D eigenvalue weighted by Gasteiger charge is 2.07. The zero-order chi connectivity index (χ0) is 12.7. The molecule has 0 saturated carbocycles. The first-order chi connectivity index (χ1) is 8.19. The van der Waals surface area contributed by atoms with Gasteiger partial charge in [-0.3, -0.25) is 0 Å². The molecule has 0 spiro atoms. The molecular weight excluding hydrogens is 232 g/mol. The smallest absolute Gasteiger partial charge is 0.0426 e. The van der Waals surface area contributed by atoms with Crippen molar-refractivity contribution in [2.45, 2.75) is 32.7 Å². The van der Waals surface area contributed by atoms with Crippen LogP contribution in [-0.4, -0.2) is 20.6 Å². The van der Waals surface area contributed by atoms with Gasteiger partial charge in [0.15, 0.2) is 0 Å². The summed E-state index contributed by atoms with van der Waals surface area (Å²) in [6.07, 6.45) is 3.78. The van der Waals surface area contributed by atoms with Crippen molar-refractivity contribution in [2.75, 3.05) is 25.5 Å². The predicted molar refractivity (Wildman–Crippen MR) is 77.0 cm³/mol. The van der Waals surface area contributed by atoms with Crippen LogP contribution in [0.4, 0.5) is 5.69 Å². The number of hydrogen-bond acceptors (Lipinski definition) is 2. The van der Waals surface area contributed by atoms with Crippen LogP contribution < -0.4 is 10.2 Å². The van der Waals surface area contributed by atoms with Crippen molar-refractivity contribution in [3.05, 3.63) is 28.8 Å². The van der Waals surface area contributed by atoms with Gasteiger partial charge in [0.1, 0.15) is 0 Å². The van der Waals surface area contributed by atoms with Crippen molar-refractivity contribution < 1.29 is 0 Å². The molecule has 0 radical (unpaired) electrons. The van der Waals surface area contributed by atoms with E-state index < -0.39 is 0 Å². The number of unbranched alkanes of at least 4 members (excludes halogenated alkanes) is 2. The summed E-state index contributed by atoms with van der Waals surface area (Å²) in [7, 11) is 4.11. The van der Waals surface area contributed by atoms with Crippen molar-refractivity contribution in [3.8, 4) is 0 Å². The molecule has 0 unspecified atom stereocenters. The topological polar surface area (TPSA) is 15.3 Å². The summed E-state index contributed by atoms with van der Waals surface area (Å²) >= 11 is 6.08. The number of nitrogens with one attached hydrogen (secondary N) is 1. The van der Waals surface area contributed by atoms with Crippen LogP contribution >= 0.6 is 11.6 Å². The summed E-state index contributed by atoms with van der Waals surface area (Å²) in [4.78, 5) is 2.30. The molecular formula is C14H23ClN2. The van der Waals surface area contributed by atoms with Gasteiger partial charge in [0.05, 0.1) is 0 Å². The van der Waals surface area contributed by atoms with E-state index in [1.807, 2.05) is 13.1 Å². The molecule has 2 nitrogen and oxygen atoms in total. The molecule has 96 valence electrons. The minimum absolute atomic E-state index is 0.808. The first-order valence-corrected chi connectivity index (χ1v) is 6.71. The fourth-order valence-electron chi connectivity index (χ4n) is 1.95. The summed E-state index contributed by atoms with van der Waals surface area (Å²) in [5.41, 5.74) is 2.54. The molecule has 17 heavy (non-hydrogen) atoms. The Kier molecular flexibility index (Phi) is 6.38. The predicted octanol–water partition coefficient (Wildman–Crippen LogP) is 3.69. The van der Waals surface area contributed by atoms with Gasteiger partial charge in [0.25, 0.3) is 0 Å². The Bertz CT molecular complexity index is 339. The lowest BCUT2D eigenvalue weighted by molar-refractivity contribution is 0.701. The fourth-order valence-corrected chi connectivity index (χ4v) is 2.12. The van der Waals surface area contributed by atoms with E-state index in [1.165, 1.54) is 30.5 Å². The minimum atomic E-state index is 0.808. The highest BCUT2D eigenvalue weighted by atomic mass is 35.5. The van der Waals surface area contributed by atoms with Crippen LogP contribution in [0, 0.1) is 0 Å². The summed E-state index contributed by atoms with van der Waals surface area (Å²) in [5.74, 6) is 0. The standard InChI is InChI=1S/C14H23ClN2/c1-4-5-6-9-17(3)14-10-13(15)8-7-12(14)11-16-2/h7-8,10,16H,4-6,9,11H2,1-3H3. The third-order valence-corrected chi connectivity index (χ3v) is 3.16. The van der Waals surface area contributed by atoms with E-state index in [1.54, 1.807) is 0 Å². The molecule has 0 aromatic heterocycles. The highest BCUT2D eigenvalue weighted by Crippen LogP contribution is 2.24. The van der Waals surface area contributed by atoms with E-state index in [0.29, 0.717) is 0 Å². The second-order valence-corrected chi connectivity index (χ2v) is 4.87. The van der Waals surface area contributed by atoms with Crippen LogP contribution in [0.2, 0.25) is 5.02 Å².